The Balaban J connectivity index is 2.39. The third kappa shape index (κ3) is 2.79. The molecule has 3 heteroatoms. The Hall–Kier alpha value is -1.80. The van der Waals surface area contributed by atoms with Crippen LogP contribution in [0.1, 0.15) is 41.3 Å². The number of hydrogen-bond donors (Lipinski definition) is 1. The average molecular weight is 274 g/mol. The summed E-state index contributed by atoms with van der Waals surface area (Å²) >= 11 is 6.06. The summed E-state index contributed by atoms with van der Waals surface area (Å²) in [4.78, 5) is 12.4. The van der Waals surface area contributed by atoms with Gasteiger partial charge in [0.25, 0.3) is 0 Å². The molecule has 0 aromatic heterocycles. The van der Waals surface area contributed by atoms with Crippen LogP contribution in [-0.4, -0.2) is 5.78 Å². The van der Waals surface area contributed by atoms with Gasteiger partial charge in [-0.05, 0) is 23.6 Å². The summed E-state index contributed by atoms with van der Waals surface area (Å²) < 4.78 is 0. The van der Waals surface area contributed by atoms with Crippen molar-refractivity contribution in [2.24, 2.45) is 0 Å². The first-order chi connectivity index (χ1) is 9.00. The first-order valence-electron chi connectivity index (χ1n) is 6.19. The molecule has 2 rings (SSSR count). The highest BCUT2D eigenvalue weighted by molar-refractivity contribution is 6.35. The topological polar surface area (TPSA) is 43.1 Å². The molecule has 2 N–H and O–H groups in total. The van der Waals surface area contributed by atoms with Gasteiger partial charge in [-0.25, -0.2) is 0 Å². The zero-order valence-electron chi connectivity index (χ0n) is 11.0. The second-order valence-corrected chi connectivity index (χ2v) is 5.22. The Morgan fingerprint density at radius 3 is 2.26 bits per heavy atom. The van der Waals surface area contributed by atoms with E-state index in [1.165, 1.54) is 5.56 Å². The summed E-state index contributed by atoms with van der Waals surface area (Å²) in [5.41, 5.74) is 8.42. The van der Waals surface area contributed by atoms with E-state index >= 15 is 0 Å². The van der Waals surface area contributed by atoms with Crippen LogP contribution >= 0.6 is 11.6 Å². The monoisotopic (exact) mass is 273 g/mol. The van der Waals surface area contributed by atoms with Gasteiger partial charge < -0.3 is 5.73 Å². The van der Waals surface area contributed by atoms with Crippen LogP contribution in [0.4, 0.5) is 5.69 Å². The van der Waals surface area contributed by atoms with Crippen molar-refractivity contribution in [2.45, 2.75) is 19.8 Å². The predicted octanol–water partition coefficient (Wildman–Crippen LogP) is 4.28. The number of carbonyl (C=O) groups is 1. The van der Waals surface area contributed by atoms with Crippen LogP contribution in [0, 0.1) is 0 Å². The van der Waals surface area contributed by atoms with E-state index in [1.54, 1.807) is 18.2 Å². The molecule has 0 aliphatic rings. The van der Waals surface area contributed by atoms with Gasteiger partial charge in [0.15, 0.2) is 5.78 Å². The van der Waals surface area contributed by atoms with E-state index in [-0.39, 0.29) is 5.78 Å². The molecule has 0 saturated heterocycles. The smallest absolute Gasteiger partial charge is 0.196 e. The van der Waals surface area contributed by atoms with Crippen molar-refractivity contribution in [3.8, 4) is 0 Å². The van der Waals surface area contributed by atoms with Gasteiger partial charge >= 0.3 is 0 Å². The molecule has 98 valence electrons. The molecular weight excluding hydrogens is 258 g/mol. The van der Waals surface area contributed by atoms with Gasteiger partial charge in [-0.2, -0.15) is 0 Å². The van der Waals surface area contributed by atoms with Gasteiger partial charge in [0.05, 0.1) is 10.6 Å². The fraction of sp³-hybridized carbons (Fsp3) is 0.188. The van der Waals surface area contributed by atoms with Gasteiger partial charge in [0, 0.05) is 11.3 Å². The van der Waals surface area contributed by atoms with Gasteiger partial charge in [0.1, 0.15) is 0 Å². The van der Waals surface area contributed by atoms with E-state index < -0.39 is 0 Å². The Kier molecular flexibility index (Phi) is 3.91. The molecule has 0 unspecified atom stereocenters. The lowest BCUT2D eigenvalue weighted by Crippen LogP contribution is -2.06. The highest BCUT2D eigenvalue weighted by atomic mass is 35.5. The molecule has 0 bridgehead atoms. The summed E-state index contributed by atoms with van der Waals surface area (Å²) in [7, 11) is 0. The van der Waals surface area contributed by atoms with E-state index in [0.29, 0.717) is 27.8 Å². The lowest BCUT2D eigenvalue weighted by molar-refractivity contribution is 0.103. The normalized spacial score (nSPS) is 10.7. The molecule has 0 saturated carbocycles. The quantitative estimate of drug-likeness (QED) is 0.670. The van der Waals surface area contributed by atoms with Crippen molar-refractivity contribution in [3.05, 3.63) is 64.2 Å². The second kappa shape index (κ2) is 5.45. The molecule has 0 aliphatic carbocycles. The number of hydrogen-bond acceptors (Lipinski definition) is 2. The summed E-state index contributed by atoms with van der Waals surface area (Å²) in [6, 6.07) is 12.7. The van der Waals surface area contributed by atoms with Crippen molar-refractivity contribution in [3.63, 3.8) is 0 Å². The van der Waals surface area contributed by atoms with Crippen LogP contribution in [-0.2, 0) is 0 Å². The minimum Gasteiger partial charge on any atom is -0.398 e. The number of rotatable bonds is 3. The molecule has 0 aliphatic heterocycles. The summed E-state index contributed by atoms with van der Waals surface area (Å²) in [5.74, 6) is 0.299. The fourth-order valence-corrected chi connectivity index (χ4v) is 2.21. The van der Waals surface area contributed by atoms with Crippen LogP contribution in [0.15, 0.2) is 42.5 Å². The van der Waals surface area contributed by atoms with Crippen molar-refractivity contribution in [1.29, 1.82) is 0 Å². The maximum Gasteiger partial charge on any atom is 0.196 e. The van der Waals surface area contributed by atoms with Crippen LogP contribution in [0.2, 0.25) is 5.02 Å². The molecule has 2 aromatic carbocycles. The zero-order chi connectivity index (χ0) is 14.0. The minimum absolute atomic E-state index is 0.140. The second-order valence-electron chi connectivity index (χ2n) is 4.81. The van der Waals surface area contributed by atoms with Crippen LogP contribution < -0.4 is 5.73 Å². The number of benzene rings is 2. The Bertz CT molecular complexity index is 582. The molecule has 0 radical (unpaired) electrons. The maximum atomic E-state index is 12.4. The Labute approximate surface area is 118 Å². The number of carbonyl (C=O) groups excluding carboxylic acids is 1. The van der Waals surface area contributed by atoms with Gasteiger partial charge in [-0.3, -0.25) is 4.79 Å². The first-order valence-corrected chi connectivity index (χ1v) is 6.57. The van der Waals surface area contributed by atoms with Gasteiger partial charge in [-0.1, -0.05) is 55.8 Å². The number of halogens is 1. The lowest BCUT2D eigenvalue weighted by atomic mass is 9.97. The molecule has 2 aromatic rings. The molecule has 0 fully saturated rings. The van der Waals surface area contributed by atoms with Crippen molar-refractivity contribution >= 4 is 23.1 Å². The minimum atomic E-state index is -0.140. The van der Waals surface area contributed by atoms with Crippen LogP contribution in [0.5, 0.6) is 0 Å². The third-order valence-electron chi connectivity index (χ3n) is 3.11. The SMILES string of the molecule is CC(C)c1ccc(C(=O)c2c(N)cccc2Cl)cc1. The molecule has 0 heterocycles. The van der Waals surface area contributed by atoms with E-state index in [0.717, 1.165) is 0 Å². The molecule has 19 heavy (non-hydrogen) atoms. The zero-order valence-corrected chi connectivity index (χ0v) is 11.7. The lowest BCUT2D eigenvalue weighted by Gasteiger charge is -2.09. The summed E-state index contributed by atoms with van der Waals surface area (Å²) in [5, 5.41) is 0.387. The van der Waals surface area contributed by atoms with E-state index in [9.17, 15) is 4.79 Å². The largest absolute Gasteiger partial charge is 0.398 e. The predicted molar refractivity (Wildman–Crippen MR) is 79.8 cm³/mol. The highest BCUT2D eigenvalue weighted by Gasteiger charge is 2.15. The highest BCUT2D eigenvalue weighted by Crippen LogP contribution is 2.25. The van der Waals surface area contributed by atoms with Crippen molar-refractivity contribution in [2.75, 3.05) is 5.73 Å². The fourth-order valence-electron chi connectivity index (χ4n) is 1.94. The van der Waals surface area contributed by atoms with E-state index in [1.807, 2.05) is 24.3 Å². The van der Waals surface area contributed by atoms with Crippen LogP contribution in [0.3, 0.4) is 0 Å². The summed E-state index contributed by atoms with van der Waals surface area (Å²) in [6.45, 7) is 4.23. The van der Waals surface area contributed by atoms with Gasteiger partial charge in [0.2, 0.25) is 0 Å². The van der Waals surface area contributed by atoms with Crippen molar-refractivity contribution in [1.82, 2.24) is 0 Å². The Morgan fingerprint density at radius 2 is 1.74 bits per heavy atom. The van der Waals surface area contributed by atoms with E-state index in [2.05, 4.69) is 13.8 Å². The van der Waals surface area contributed by atoms with Crippen molar-refractivity contribution < 1.29 is 4.79 Å². The molecule has 2 nitrogen and oxygen atoms in total. The third-order valence-corrected chi connectivity index (χ3v) is 3.43. The summed E-state index contributed by atoms with van der Waals surface area (Å²) in [6.07, 6.45) is 0. The molecular formula is C16H16ClNO. The van der Waals surface area contributed by atoms with Crippen LogP contribution in [0.25, 0.3) is 0 Å². The standard InChI is InChI=1S/C16H16ClNO/c1-10(2)11-6-8-12(9-7-11)16(19)15-13(17)4-3-5-14(15)18/h3-10H,18H2,1-2H3. The number of nitrogen functional groups attached to an aromatic ring is 1. The average Bonchev–Trinajstić information content (AvgIpc) is 2.38. The molecule has 0 spiro atoms. The molecule has 0 atom stereocenters. The Morgan fingerprint density at radius 1 is 1.11 bits per heavy atom. The van der Waals surface area contributed by atoms with E-state index in [4.69, 9.17) is 17.3 Å². The number of anilines is 1. The first kappa shape index (κ1) is 13.6. The maximum absolute atomic E-state index is 12.4. The number of nitrogens with two attached hydrogens (primary N) is 1. The van der Waals surface area contributed by atoms with Gasteiger partial charge in [-0.15, -0.1) is 0 Å². The number of ketones is 1. The molecule has 0 amide bonds.